The fourth-order valence-electron chi connectivity index (χ4n) is 2.13. The van der Waals surface area contributed by atoms with Crippen LogP contribution in [0.5, 0.6) is 0 Å². The molecule has 0 aromatic heterocycles. The first kappa shape index (κ1) is 16.0. The number of rotatable bonds is 2. The molecule has 0 aromatic carbocycles. The third-order valence-electron chi connectivity index (χ3n) is 5.50. The van der Waals surface area contributed by atoms with Crippen LogP contribution in [0, 0.1) is 22.2 Å². The van der Waals surface area contributed by atoms with Gasteiger partial charge in [0.2, 0.25) is 0 Å². The van der Waals surface area contributed by atoms with Crippen molar-refractivity contribution in [3.63, 3.8) is 0 Å². The normalized spacial score (nSPS) is 36.4. The van der Waals surface area contributed by atoms with Gasteiger partial charge < -0.3 is 0 Å². The van der Waals surface area contributed by atoms with E-state index >= 15 is 0 Å². The monoisotopic (exact) mass is 308 g/mol. The van der Waals surface area contributed by atoms with Gasteiger partial charge in [-0.05, 0) is 0 Å². The van der Waals surface area contributed by atoms with E-state index in [1.807, 2.05) is 0 Å². The summed E-state index contributed by atoms with van der Waals surface area (Å²) in [6.45, 7) is 19.5. The molecule has 0 saturated heterocycles. The quantitative estimate of drug-likeness (QED) is 0.535. The van der Waals surface area contributed by atoms with Gasteiger partial charge in [-0.1, -0.05) is 65.2 Å². The van der Waals surface area contributed by atoms with Gasteiger partial charge in [-0.2, -0.15) is 0 Å². The Bertz CT molecular complexity index is 414. The molecular weight excluding hydrogens is 280 g/mol. The van der Waals surface area contributed by atoms with Gasteiger partial charge >= 0.3 is 0 Å². The van der Waals surface area contributed by atoms with E-state index in [1.54, 1.807) is 0 Å². The highest BCUT2D eigenvalue weighted by molar-refractivity contribution is 7.51. The highest BCUT2D eigenvalue weighted by atomic mass is 29.3. The average molecular weight is 309 g/mol. The van der Waals surface area contributed by atoms with E-state index in [0.29, 0.717) is 0 Å². The second-order valence-electron chi connectivity index (χ2n) is 7.12. The van der Waals surface area contributed by atoms with Crippen molar-refractivity contribution in [1.29, 1.82) is 0 Å². The first-order valence-corrected chi connectivity index (χ1v) is 20.5. The molecule has 18 heavy (non-hydrogen) atoms. The summed E-state index contributed by atoms with van der Waals surface area (Å²) in [7, 11) is -5.71. The molecule has 0 aliphatic carbocycles. The zero-order valence-corrected chi connectivity index (χ0v) is 17.4. The molecule has 0 fully saturated rings. The zero-order chi connectivity index (χ0) is 14.2. The lowest BCUT2D eigenvalue weighted by Crippen LogP contribution is -2.61. The van der Waals surface area contributed by atoms with Crippen LogP contribution in [0.3, 0.4) is 0 Å². The van der Waals surface area contributed by atoms with Gasteiger partial charge in [-0.3, -0.25) is 0 Å². The van der Waals surface area contributed by atoms with E-state index < -0.39 is 30.4 Å². The van der Waals surface area contributed by atoms with Crippen LogP contribution in [0.25, 0.3) is 0 Å². The molecule has 1 heterocycles. The van der Waals surface area contributed by atoms with Crippen molar-refractivity contribution in [2.24, 2.45) is 0 Å². The Morgan fingerprint density at radius 1 is 0.556 bits per heavy atom. The van der Waals surface area contributed by atoms with E-state index in [4.69, 9.17) is 0 Å². The molecule has 100 valence electrons. The Morgan fingerprint density at radius 2 is 0.833 bits per heavy atom. The molecule has 2 atom stereocenters. The first-order valence-electron chi connectivity index (χ1n) is 7.12. The Morgan fingerprint density at radius 3 is 1.06 bits per heavy atom. The lowest BCUT2D eigenvalue weighted by Gasteiger charge is -2.38. The van der Waals surface area contributed by atoms with Gasteiger partial charge in [0, 0.05) is 0 Å². The summed E-state index contributed by atoms with van der Waals surface area (Å²) in [5.74, 6) is 0. The molecule has 1 rings (SSSR count). The predicted octanol–water partition coefficient (Wildman–Crippen LogP) is 3.93. The summed E-state index contributed by atoms with van der Waals surface area (Å²) in [6, 6.07) is 2.58. The Hall–Kier alpha value is -0.0125. The second-order valence-corrected chi connectivity index (χ2v) is 35.5. The van der Waals surface area contributed by atoms with Gasteiger partial charge in [0.25, 0.3) is 0 Å². The molecule has 4 heteroatoms. The van der Waals surface area contributed by atoms with Crippen LogP contribution in [0.4, 0.5) is 0 Å². The molecule has 2 unspecified atom stereocenters. The highest BCUT2D eigenvalue weighted by Crippen LogP contribution is 2.28. The Labute approximate surface area is 118 Å². The van der Waals surface area contributed by atoms with Crippen molar-refractivity contribution in [3.05, 3.63) is 0 Å². The first-order chi connectivity index (χ1) is 8.04. The largest absolute Gasteiger partial charge is 0.141 e. The van der Waals surface area contributed by atoms with Crippen molar-refractivity contribution < 1.29 is 0 Å². The number of hydrogen-bond donors (Lipinski definition) is 0. The molecule has 0 spiro atoms. The van der Waals surface area contributed by atoms with E-state index in [1.165, 1.54) is 12.1 Å². The third kappa shape index (κ3) is 2.49. The van der Waals surface area contributed by atoms with Gasteiger partial charge in [0.15, 0.2) is 0 Å². The maximum absolute atomic E-state index is 3.88. The summed E-state index contributed by atoms with van der Waals surface area (Å²) in [4.78, 5) is 0. The van der Waals surface area contributed by atoms with Gasteiger partial charge in [0.1, 0.15) is 30.4 Å². The minimum Gasteiger partial charge on any atom is -0.141 e. The summed E-state index contributed by atoms with van der Waals surface area (Å²) < 4.78 is 0. The molecule has 0 N–H and O–H groups in total. The minimum absolute atomic E-state index is 1.29. The average Bonchev–Trinajstić information content (AvgIpc) is 2.32. The van der Waals surface area contributed by atoms with E-state index in [9.17, 15) is 0 Å². The van der Waals surface area contributed by atoms with Crippen molar-refractivity contribution in [2.45, 2.75) is 65.2 Å². The molecule has 1 aliphatic rings. The molecule has 0 bridgehead atoms. The van der Waals surface area contributed by atoms with Gasteiger partial charge in [-0.25, -0.2) is 0 Å². The van der Waals surface area contributed by atoms with Crippen LogP contribution in [0.1, 0.15) is 13.8 Å². The maximum Gasteiger partial charge on any atom is 0.140 e. The Balaban J connectivity index is 3.48. The molecule has 1 aliphatic heterocycles. The fourth-order valence-corrected chi connectivity index (χ4v) is 20.4. The maximum atomic E-state index is 3.88. The number of hydrogen-bond acceptors (Lipinski definition) is 0. The minimum atomic E-state index is -1.44. The van der Waals surface area contributed by atoms with Crippen LogP contribution in [0.2, 0.25) is 51.4 Å². The van der Waals surface area contributed by atoms with Crippen molar-refractivity contribution >= 4 is 30.4 Å². The fraction of sp³-hybridized carbons (Fsp3) is 0.714. The van der Waals surface area contributed by atoms with Crippen LogP contribution < -0.4 is 0 Å². The van der Waals surface area contributed by atoms with Crippen molar-refractivity contribution in [2.75, 3.05) is 0 Å². The van der Waals surface area contributed by atoms with Gasteiger partial charge in [-0.15, -0.1) is 22.2 Å². The van der Waals surface area contributed by atoms with E-state index in [0.717, 1.165) is 0 Å². The van der Waals surface area contributed by atoms with E-state index in [-0.39, 0.29) is 0 Å². The lowest BCUT2D eigenvalue weighted by molar-refractivity contribution is 1.36. The summed E-state index contributed by atoms with van der Waals surface area (Å²) in [5.41, 5.74) is 15.4. The summed E-state index contributed by atoms with van der Waals surface area (Å²) >= 11 is 0. The molecule has 0 radical (unpaired) electrons. The van der Waals surface area contributed by atoms with Gasteiger partial charge in [0.05, 0.1) is 0 Å². The lowest BCUT2D eigenvalue weighted by atomic mass is 11.0. The van der Waals surface area contributed by atoms with Crippen LogP contribution in [-0.2, 0) is 0 Å². The molecule has 0 saturated carbocycles. The SMILES string of the molecule is CC[Si]1(C)C#C[Si](C)(C)[Si](C)(C)C#C[Si]1(C)CC. The molecule has 0 aromatic rings. The Kier molecular flexibility index (Phi) is 4.30. The molecule has 0 nitrogen and oxygen atoms in total. The predicted molar refractivity (Wildman–Crippen MR) is 94.7 cm³/mol. The smallest absolute Gasteiger partial charge is 0.140 e. The molecular formula is C14H28Si4. The third-order valence-corrected chi connectivity index (χ3v) is 37.5. The summed E-state index contributed by atoms with van der Waals surface area (Å²) in [5, 5.41) is 0. The van der Waals surface area contributed by atoms with Crippen LogP contribution >= 0.6 is 0 Å². The molecule has 0 amide bonds. The van der Waals surface area contributed by atoms with Crippen molar-refractivity contribution in [1.82, 2.24) is 0 Å². The van der Waals surface area contributed by atoms with Crippen LogP contribution in [0.15, 0.2) is 0 Å². The zero-order valence-electron chi connectivity index (χ0n) is 13.4. The van der Waals surface area contributed by atoms with Crippen LogP contribution in [-0.4, -0.2) is 30.4 Å². The van der Waals surface area contributed by atoms with Crippen molar-refractivity contribution in [3.8, 4) is 22.2 Å². The second kappa shape index (κ2) is 4.83. The summed E-state index contributed by atoms with van der Waals surface area (Å²) in [6.07, 6.45) is 0. The van der Waals surface area contributed by atoms with E-state index in [2.05, 4.69) is 75.3 Å². The topological polar surface area (TPSA) is 0 Å². The standard InChI is InChI=1S/C14H28Si4/c1-9-17(7)13-11-15(3,4)16(5,6)12-14-18(17,8)10-2/h9-10H2,1-8H3. The highest BCUT2D eigenvalue weighted by Gasteiger charge is 2.48.